The fourth-order valence-corrected chi connectivity index (χ4v) is 2.57. The zero-order chi connectivity index (χ0) is 11.2. The van der Waals surface area contributed by atoms with Crippen molar-refractivity contribution < 1.29 is 4.84 Å². The summed E-state index contributed by atoms with van der Waals surface area (Å²) in [4.78, 5) is 8.27. The Hall–Kier alpha value is -0.840. The molecule has 1 aliphatic carbocycles. The Morgan fingerprint density at radius 1 is 1.38 bits per heavy atom. The Labute approximate surface area is 102 Å². The van der Waals surface area contributed by atoms with Crippen LogP contribution in [-0.2, 0) is 10.3 Å². The van der Waals surface area contributed by atoms with Crippen molar-refractivity contribution in [1.29, 1.82) is 0 Å². The van der Waals surface area contributed by atoms with E-state index in [1.54, 1.807) is 0 Å². The fourth-order valence-electron chi connectivity index (χ4n) is 2.19. The van der Waals surface area contributed by atoms with E-state index in [1.165, 1.54) is 16.6 Å². The Balaban J connectivity index is 2.05. The van der Waals surface area contributed by atoms with Gasteiger partial charge in [-0.05, 0) is 37.1 Å². The van der Waals surface area contributed by atoms with Crippen LogP contribution < -0.4 is 5.90 Å². The number of nitrogens with one attached hydrogen (secondary N) is 1. The van der Waals surface area contributed by atoms with Gasteiger partial charge in [-0.3, -0.25) is 0 Å². The largest absolute Gasteiger partial charge is 0.358 e. The normalized spacial score (nSPS) is 17.9. The molecule has 0 saturated heterocycles. The van der Waals surface area contributed by atoms with Crippen molar-refractivity contribution in [2.24, 2.45) is 5.90 Å². The van der Waals surface area contributed by atoms with E-state index < -0.39 is 0 Å². The zero-order valence-electron chi connectivity index (χ0n) is 8.79. The van der Waals surface area contributed by atoms with Crippen LogP contribution in [0.1, 0.15) is 18.5 Å². The number of aromatic nitrogens is 1. The molecule has 1 aromatic heterocycles. The molecule has 3 N–H and O–H groups in total. The molecule has 0 aliphatic heterocycles. The summed E-state index contributed by atoms with van der Waals surface area (Å²) in [5.74, 6) is 5.19. The summed E-state index contributed by atoms with van der Waals surface area (Å²) >= 11 is 3.48. The molecule has 3 nitrogen and oxygen atoms in total. The molecular formula is C12H13BrN2O. The quantitative estimate of drug-likeness (QED) is 0.850. The van der Waals surface area contributed by atoms with Crippen LogP contribution in [0.25, 0.3) is 10.9 Å². The monoisotopic (exact) mass is 280 g/mol. The standard InChI is InChI=1S/C12H13BrN2O/c13-9-1-2-10-8(5-9)6-11(15-10)12(3-4-12)7-16-14/h1-2,5-6,15H,3-4,7,14H2. The van der Waals surface area contributed by atoms with E-state index in [2.05, 4.69) is 39.1 Å². The molecule has 0 radical (unpaired) electrons. The molecule has 1 fully saturated rings. The van der Waals surface area contributed by atoms with Crippen molar-refractivity contribution in [1.82, 2.24) is 4.98 Å². The maximum absolute atomic E-state index is 5.19. The number of hydrogen-bond donors (Lipinski definition) is 2. The van der Waals surface area contributed by atoms with Gasteiger partial charge in [-0.2, -0.15) is 0 Å². The highest BCUT2D eigenvalue weighted by Crippen LogP contribution is 2.48. The highest BCUT2D eigenvalue weighted by atomic mass is 79.9. The van der Waals surface area contributed by atoms with E-state index in [9.17, 15) is 0 Å². The molecule has 0 spiro atoms. The SMILES string of the molecule is NOCC1(c2cc3cc(Br)ccc3[nH]2)CC1. The molecule has 1 heterocycles. The maximum Gasteiger partial charge on any atom is 0.0790 e. The number of aromatic amines is 1. The molecule has 2 aromatic rings. The van der Waals surface area contributed by atoms with Crippen LogP contribution in [0.15, 0.2) is 28.7 Å². The molecule has 1 aromatic carbocycles. The molecular weight excluding hydrogens is 268 g/mol. The average molecular weight is 281 g/mol. The van der Waals surface area contributed by atoms with Gasteiger partial charge in [0, 0.05) is 26.5 Å². The first-order chi connectivity index (χ1) is 7.73. The van der Waals surface area contributed by atoms with E-state index >= 15 is 0 Å². The minimum atomic E-state index is 0.139. The third-order valence-electron chi connectivity index (χ3n) is 3.37. The summed E-state index contributed by atoms with van der Waals surface area (Å²) in [6.07, 6.45) is 2.30. The van der Waals surface area contributed by atoms with E-state index in [4.69, 9.17) is 10.7 Å². The number of fused-ring (bicyclic) bond motifs is 1. The Morgan fingerprint density at radius 2 is 2.19 bits per heavy atom. The lowest BCUT2D eigenvalue weighted by atomic mass is 10.0. The van der Waals surface area contributed by atoms with Crippen molar-refractivity contribution in [3.63, 3.8) is 0 Å². The van der Waals surface area contributed by atoms with E-state index in [1.807, 2.05) is 6.07 Å². The van der Waals surface area contributed by atoms with Gasteiger partial charge in [0.1, 0.15) is 0 Å². The number of benzene rings is 1. The molecule has 1 saturated carbocycles. The highest BCUT2D eigenvalue weighted by Gasteiger charge is 2.45. The highest BCUT2D eigenvalue weighted by molar-refractivity contribution is 9.10. The van der Waals surface area contributed by atoms with Crippen LogP contribution in [0, 0.1) is 0 Å². The number of halogens is 1. The molecule has 0 unspecified atom stereocenters. The van der Waals surface area contributed by atoms with Crippen molar-refractivity contribution in [3.05, 3.63) is 34.4 Å². The van der Waals surface area contributed by atoms with E-state index in [0.717, 1.165) is 17.3 Å². The van der Waals surface area contributed by atoms with Gasteiger partial charge >= 0.3 is 0 Å². The molecule has 0 amide bonds. The summed E-state index contributed by atoms with van der Waals surface area (Å²) < 4.78 is 1.10. The lowest BCUT2D eigenvalue weighted by Crippen LogP contribution is -2.18. The minimum absolute atomic E-state index is 0.139. The van der Waals surface area contributed by atoms with Gasteiger partial charge in [0.25, 0.3) is 0 Å². The van der Waals surface area contributed by atoms with Crippen molar-refractivity contribution >= 4 is 26.8 Å². The van der Waals surface area contributed by atoms with E-state index in [-0.39, 0.29) is 5.41 Å². The first-order valence-corrected chi connectivity index (χ1v) is 6.13. The van der Waals surface area contributed by atoms with Gasteiger partial charge in [0.15, 0.2) is 0 Å². The molecule has 4 heteroatoms. The molecule has 3 rings (SSSR count). The molecule has 0 atom stereocenters. The molecule has 1 aliphatic rings. The smallest absolute Gasteiger partial charge is 0.0790 e. The second-order valence-corrected chi connectivity index (χ2v) is 5.42. The van der Waals surface area contributed by atoms with Crippen molar-refractivity contribution in [2.75, 3.05) is 6.61 Å². The van der Waals surface area contributed by atoms with E-state index in [0.29, 0.717) is 6.61 Å². The second-order valence-electron chi connectivity index (χ2n) is 4.51. The summed E-state index contributed by atoms with van der Waals surface area (Å²) in [5, 5.41) is 1.23. The van der Waals surface area contributed by atoms with Gasteiger partial charge in [0.2, 0.25) is 0 Å². The van der Waals surface area contributed by atoms with Crippen molar-refractivity contribution in [3.8, 4) is 0 Å². The first kappa shape index (κ1) is 10.3. The van der Waals surface area contributed by atoms with Gasteiger partial charge in [-0.1, -0.05) is 15.9 Å². The third-order valence-corrected chi connectivity index (χ3v) is 3.86. The Bertz CT molecular complexity index is 531. The Morgan fingerprint density at radius 3 is 2.88 bits per heavy atom. The van der Waals surface area contributed by atoms with Crippen LogP contribution in [-0.4, -0.2) is 11.6 Å². The number of rotatable bonds is 3. The number of nitrogens with two attached hydrogens (primary N) is 1. The van der Waals surface area contributed by atoms with Crippen LogP contribution >= 0.6 is 15.9 Å². The Kier molecular flexibility index (Phi) is 2.31. The molecule has 84 valence electrons. The van der Waals surface area contributed by atoms with Gasteiger partial charge in [0.05, 0.1) is 6.61 Å². The van der Waals surface area contributed by atoms with Crippen LogP contribution in [0.5, 0.6) is 0 Å². The van der Waals surface area contributed by atoms with Crippen LogP contribution in [0.2, 0.25) is 0 Å². The summed E-state index contributed by atoms with van der Waals surface area (Å²) in [7, 11) is 0. The lowest BCUT2D eigenvalue weighted by molar-refractivity contribution is 0.115. The molecule has 16 heavy (non-hydrogen) atoms. The summed E-state index contributed by atoms with van der Waals surface area (Å²) in [6.45, 7) is 0.598. The minimum Gasteiger partial charge on any atom is -0.358 e. The maximum atomic E-state index is 5.19. The number of H-pyrrole nitrogens is 1. The first-order valence-electron chi connectivity index (χ1n) is 5.34. The second kappa shape index (κ2) is 3.58. The van der Waals surface area contributed by atoms with Crippen LogP contribution in [0.3, 0.4) is 0 Å². The fraction of sp³-hybridized carbons (Fsp3) is 0.333. The lowest BCUT2D eigenvalue weighted by Gasteiger charge is -2.10. The van der Waals surface area contributed by atoms with Gasteiger partial charge in [-0.25, -0.2) is 5.90 Å². The third kappa shape index (κ3) is 1.57. The topological polar surface area (TPSA) is 51.0 Å². The predicted molar refractivity (Wildman–Crippen MR) is 67.1 cm³/mol. The summed E-state index contributed by atoms with van der Waals surface area (Å²) in [5.41, 5.74) is 2.55. The zero-order valence-corrected chi connectivity index (χ0v) is 10.4. The predicted octanol–water partition coefficient (Wildman–Crippen LogP) is 2.85. The van der Waals surface area contributed by atoms with Crippen molar-refractivity contribution in [2.45, 2.75) is 18.3 Å². The molecule has 0 bridgehead atoms. The van der Waals surface area contributed by atoms with Gasteiger partial charge < -0.3 is 9.82 Å². The summed E-state index contributed by atoms with van der Waals surface area (Å²) in [6, 6.07) is 8.45. The van der Waals surface area contributed by atoms with Gasteiger partial charge in [-0.15, -0.1) is 0 Å². The average Bonchev–Trinajstić information content (AvgIpc) is 2.91. The number of hydrogen-bond acceptors (Lipinski definition) is 2. The van der Waals surface area contributed by atoms with Crippen LogP contribution in [0.4, 0.5) is 0 Å².